The van der Waals surface area contributed by atoms with E-state index in [1.165, 1.54) is 6.07 Å². The normalized spacial score (nSPS) is 16.4. The Morgan fingerprint density at radius 3 is 2.59 bits per heavy atom. The van der Waals surface area contributed by atoms with Crippen LogP contribution in [-0.2, 0) is 11.3 Å². The molecule has 5 nitrogen and oxygen atoms in total. The number of carbonyl (C=O) groups is 1. The summed E-state index contributed by atoms with van der Waals surface area (Å²) in [7, 11) is 0. The van der Waals surface area contributed by atoms with Crippen molar-refractivity contribution in [1.82, 2.24) is 15.5 Å². The zero-order valence-electron chi connectivity index (χ0n) is 16.1. The highest BCUT2D eigenvalue weighted by Crippen LogP contribution is 2.23. The van der Waals surface area contributed by atoms with Crippen LogP contribution in [0.25, 0.3) is 11.3 Å². The molecule has 3 aromatic rings. The average molecular weight is 390 g/mol. The third-order valence-electron chi connectivity index (χ3n) is 5.25. The van der Waals surface area contributed by atoms with Gasteiger partial charge in [0.05, 0.1) is 11.6 Å². The van der Waals surface area contributed by atoms with Crippen molar-refractivity contribution in [2.24, 2.45) is 5.92 Å². The van der Waals surface area contributed by atoms with Gasteiger partial charge in [0.2, 0.25) is 5.91 Å². The third kappa shape index (κ3) is 4.59. The summed E-state index contributed by atoms with van der Waals surface area (Å²) in [6.07, 6.45) is 1.72. The van der Waals surface area contributed by atoms with Crippen LogP contribution in [0.5, 0.6) is 0 Å². The maximum absolute atomic E-state index is 13.7. The van der Waals surface area contributed by atoms with Gasteiger partial charge in [-0.1, -0.05) is 48.5 Å². The summed E-state index contributed by atoms with van der Waals surface area (Å²) in [4.78, 5) is 14.7. The second-order valence-corrected chi connectivity index (χ2v) is 7.24. The van der Waals surface area contributed by atoms with E-state index < -0.39 is 0 Å². The Balaban J connectivity index is 1.38. The first-order valence-corrected chi connectivity index (χ1v) is 9.86. The van der Waals surface area contributed by atoms with Crippen LogP contribution in [0.1, 0.15) is 18.4 Å². The van der Waals surface area contributed by atoms with Gasteiger partial charge in [0.15, 0.2) is 5.82 Å². The van der Waals surface area contributed by atoms with Gasteiger partial charge in [-0.3, -0.25) is 4.79 Å². The number of anilines is 1. The fourth-order valence-corrected chi connectivity index (χ4v) is 3.62. The lowest BCUT2D eigenvalue weighted by molar-refractivity contribution is -0.125. The van der Waals surface area contributed by atoms with Gasteiger partial charge in [0, 0.05) is 30.8 Å². The number of rotatable bonds is 5. The smallest absolute Gasteiger partial charge is 0.225 e. The molecule has 2 aromatic carbocycles. The van der Waals surface area contributed by atoms with E-state index in [-0.39, 0.29) is 24.2 Å². The fourth-order valence-electron chi connectivity index (χ4n) is 3.62. The third-order valence-corrected chi connectivity index (χ3v) is 5.25. The highest BCUT2D eigenvalue weighted by molar-refractivity contribution is 5.79. The molecule has 0 bridgehead atoms. The molecular formula is C23H23FN4O. The summed E-state index contributed by atoms with van der Waals surface area (Å²) in [6.45, 7) is 1.63. The van der Waals surface area contributed by atoms with E-state index >= 15 is 0 Å². The molecule has 0 spiro atoms. The second-order valence-electron chi connectivity index (χ2n) is 7.24. The second kappa shape index (κ2) is 8.82. The van der Waals surface area contributed by atoms with Crippen molar-refractivity contribution in [2.75, 3.05) is 18.0 Å². The van der Waals surface area contributed by atoms with Crippen molar-refractivity contribution in [3.05, 3.63) is 78.1 Å². The zero-order valence-corrected chi connectivity index (χ0v) is 16.1. The summed E-state index contributed by atoms with van der Waals surface area (Å²) in [5.74, 6) is 0.279. The quantitative estimate of drug-likeness (QED) is 0.720. The van der Waals surface area contributed by atoms with Crippen molar-refractivity contribution in [1.29, 1.82) is 0 Å². The highest BCUT2D eigenvalue weighted by Gasteiger charge is 2.26. The number of hydrogen-bond acceptors (Lipinski definition) is 4. The minimum Gasteiger partial charge on any atom is -0.354 e. The molecule has 6 heteroatoms. The molecular weight excluding hydrogens is 367 g/mol. The Labute approximate surface area is 169 Å². The average Bonchev–Trinajstić information content (AvgIpc) is 2.79. The molecule has 0 radical (unpaired) electrons. The Hall–Kier alpha value is -3.28. The van der Waals surface area contributed by atoms with Gasteiger partial charge in [-0.2, -0.15) is 0 Å². The molecule has 0 saturated carbocycles. The minimum atomic E-state index is -0.299. The molecule has 1 amide bonds. The molecule has 1 N–H and O–H groups in total. The molecule has 1 atom stereocenters. The molecule has 1 aromatic heterocycles. The number of carbonyl (C=O) groups excluding carboxylic acids is 1. The number of benzene rings is 2. The number of hydrogen-bond donors (Lipinski definition) is 1. The lowest BCUT2D eigenvalue weighted by Gasteiger charge is -2.32. The van der Waals surface area contributed by atoms with Gasteiger partial charge in [0.1, 0.15) is 5.82 Å². The van der Waals surface area contributed by atoms with E-state index in [2.05, 4.69) is 20.4 Å². The van der Waals surface area contributed by atoms with Crippen molar-refractivity contribution in [3.8, 4) is 11.3 Å². The zero-order chi connectivity index (χ0) is 20.1. The van der Waals surface area contributed by atoms with E-state index in [0.717, 1.165) is 36.5 Å². The van der Waals surface area contributed by atoms with Crippen molar-refractivity contribution in [2.45, 2.75) is 19.4 Å². The fraction of sp³-hybridized carbons (Fsp3) is 0.261. The maximum Gasteiger partial charge on any atom is 0.225 e. The molecule has 1 saturated heterocycles. The number of halogens is 1. The van der Waals surface area contributed by atoms with Gasteiger partial charge in [-0.05, 0) is 31.0 Å². The van der Waals surface area contributed by atoms with Gasteiger partial charge in [0.25, 0.3) is 0 Å². The van der Waals surface area contributed by atoms with Crippen LogP contribution in [0.4, 0.5) is 10.2 Å². The van der Waals surface area contributed by atoms with Gasteiger partial charge >= 0.3 is 0 Å². The predicted octanol–water partition coefficient (Wildman–Crippen LogP) is 3.82. The van der Waals surface area contributed by atoms with Crippen LogP contribution in [0.3, 0.4) is 0 Å². The van der Waals surface area contributed by atoms with Crippen LogP contribution in [0.15, 0.2) is 66.7 Å². The lowest BCUT2D eigenvalue weighted by Crippen LogP contribution is -2.43. The van der Waals surface area contributed by atoms with Gasteiger partial charge in [-0.25, -0.2) is 4.39 Å². The lowest BCUT2D eigenvalue weighted by atomic mass is 9.97. The van der Waals surface area contributed by atoms with Crippen molar-refractivity contribution < 1.29 is 9.18 Å². The minimum absolute atomic E-state index is 0.0492. The number of piperidine rings is 1. The van der Waals surface area contributed by atoms with Crippen LogP contribution in [-0.4, -0.2) is 29.2 Å². The largest absolute Gasteiger partial charge is 0.354 e. The summed E-state index contributed by atoms with van der Waals surface area (Å²) in [5.41, 5.74) is 2.34. The first-order chi connectivity index (χ1) is 14.2. The number of nitrogens with zero attached hydrogens (tertiary/aromatic N) is 3. The Kier molecular flexibility index (Phi) is 5.79. The topological polar surface area (TPSA) is 58.1 Å². The van der Waals surface area contributed by atoms with E-state index in [9.17, 15) is 9.18 Å². The van der Waals surface area contributed by atoms with Gasteiger partial charge in [-0.15, -0.1) is 10.2 Å². The Bertz CT molecular complexity index is 962. The Morgan fingerprint density at radius 2 is 1.83 bits per heavy atom. The number of aromatic nitrogens is 2. The van der Waals surface area contributed by atoms with E-state index in [1.807, 2.05) is 42.5 Å². The van der Waals surface area contributed by atoms with E-state index in [1.54, 1.807) is 18.2 Å². The SMILES string of the molecule is O=C(NCc1ccccc1F)[C@H]1CCCN(c2ccc(-c3ccccc3)nn2)C1. The van der Waals surface area contributed by atoms with Crippen LogP contribution in [0, 0.1) is 11.7 Å². The summed E-state index contributed by atoms with van der Waals surface area (Å²) in [6, 6.07) is 20.3. The molecule has 1 aliphatic rings. The van der Waals surface area contributed by atoms with Crippen LogP contribution in [0.2, 0.25) is 0 Å². The molecule has 148 valence electrons. The molecule has 4 rings (SSSR count). The number of amides is 1. The summed E-state index contributed by atoms with van der Waals surface area (Å²) in [5, 5.41) is 11.6. The maximum atomic E-state index is 13.7. The van der Waals surface area contributed by atoms with Crippen LogP contribution < -0.4 is 10.2 Å². The first-order valence-electron chi connectivity index (χ1n) is 9.86. The van der Waals surface area contributed by atoms with Crippen molar-refractivity contribution >= 4 is 11.7 Å². The van der Waals surface area contributed by atoms with Gasteiger partial charge < -0.3 is 10.2 Å². The van der Waals surface area contributed by atoms with E-state index in [0.29, 0.717) is 12.1 Å². The van der Waals surface area contributed by atoms with Crippen LogP contribution >= 0.6 is 0 Å². The molecule has 1 aliphatic heterocycles. The standard InChI is InChI=1S/C23H23FN4O/c24-20-11-5-4-9-18(20)15-25-23(29)19-10-6-14-28(16-19)22-13-12-21(26-27-22)17-7-2-1-3-8-17/h1-5,7-9,11-13,19H,6,10,14-16H2,(H,25,29)/t19-/m0/s1. The molecule has 2 heterocycles. The Morgan fingerprint density at radius 1 is 1.03 bits per heavy atom. The summed E-state index contributed by atoms with van der Waals surface area (Å²) >= 11 is 0. The monoisotopic (exact) mass is 390 g/mol. The van der Waals surface area contributed by atoms with E-state index in [4.69, 9.17) is 0 Å². The highest BCUT2D eigenvalue weighted by atomic mass is 19.1. The number of nitrogens with one attached hydrogen (secondary N) is 1. The molecule has 0 aliphatic carbocycles. The summed E-state index contributed by atoms with van der Waals surface area (Å²) < 4.78 is 13.7. The molecule has 29 heavy (non-hydrogen) atoms. The van der Waals surface area contributed by atoms with Crippen molar-refractivity contribution in [3.63, 3.8) is 0 Å². The predicted molar refractivity (Wildman–Crippen MR) is 111 cm³/mol. The first kappa shape index (κ1) is 19.1. The molecule has 1 fully saturated rings. The molecule has 0 unspecified atom stereocenters.